The van der Waals surface area contributed by atoms with Gasteiger partial charge in [-0.3, -0.25) is 10.1 Å². The summed E-state index contributed by atoms with van der Waals surface area (Å²) in [5, 5.41) is 13.9. The minimum atomic E-state index is -0.481. The number of hydrogen-bond acceptors (Lipinski definition) is 5. The van der Waals surface area contributed by atoms with Gasteiger partial charge in [0.15, 0.2) is 5.13 Å². The predicted molar refractivity (Wildman–Crippen MR) is 136 cm³/mol. The molecule has 0 spiro atoms. The number of hydrogen-bond donors (Lipinski definition) is 1. The molecule has 1 amide bonds. The van der Waals surface area contributed by atoms with Gasteiger partial charge in [0.25, 0.3) is 5.91 Å². The normalized spacial score (nSPS) is 11.4. The van der Waals surface area contributed by atoms with Gasteiger partial charge in [-0.2, -0.15) is 5.26 Å². The Labute approximate surface area is 200 Å². The molecule has 5 aromatic rings. The van der Waals surface area contributed by atoms with Crippen molar-refractivity contribution >= 4 is 49.6 Å². The number of aromatic nitrogens is 2. The maximum atomic E-state index is 12.8. The monoisotopic (exact) mass is 464 g/mol. The van der Waals surface area contributed by atoms with Crippen molar-refractivity contribution in [3.8, 4) is 11.8 Å². The Kier molecular flexibility index (Phi) is 6.06. The molecule has 3 aromatic carbocycles. The Bertz CT molecular complexity index is 1510. The van der Waals surface area contributed by atoms with E-state index in [1.54, 1.807) is 6.08 Å². The number of nitrogens with one attached hydrogen (secondary N) is 1. The second-order valence-electron chi connectivity index (χ2n) is 7.57. The molecule has 6 nitrogen and oxygen atoms in total. The van der Waals surface area contributed by atoms with E-state index >= 15 is 0 Å². The van der Waals surface area contributed by atoms with Crippen molar-refractivity contribution < 1.29 is 9.53 Å². The van der Waals surface area contributed by atoms with Gasteiger partial charge in [-0.1, -0.05) is 59.9 Å². The number of para-hydroxylation sites is 3. The van der Waals surface area contributed by atoms with Crippen LogP contribution in [-0.2, 0) is 11.3 Å². The molecule has 5 rings (SSSR count). The third-order valence-corrected chi connectivity index (χ3v) is 6.29. The number of carbonyl (C=O) groups is 1. The van der Waals surface area contributed by atoms with Crippen LogP contribution in [0.2, 0.25) is 0 Å². The Morgan fingerprint density at radius 1 is 1.06 bits per heavy atom. The molecule has 0 saturated heterocycles. The fourth-order valence-corrected chi connectivity index (χ4v) is 4.61. The maximum Gasteiger partial charge on any atom is 0.268 e. The summed E-state index contributed by atoms with van der Waals surface area (Å²) in [6.45, 7) is 1.12. The summed E-state index contributed by atoms with van der Waals surface area (Å²) in [6, 6.07) is 27.3. The van der Waals surface area contributed by atoms with Crippen molar-refractivity contribution in [1.29, 1.82) is 5.26 Å². The van der Waals surface area contributed by atoms with E-state index in [0.717, 1.165) is 32.4 Å². The molecule has 0 aliphatic heterocycles. The summed E-state index contributed by atoms with van der Waals surface area (Å²) in [5.41, 5.74) is 2.63. The number of fused-ring (bicyclic) bond motifs is 2. The molecule has 2 heterocycles. The van der Waals surface area contributed by atoms with Crippen molar-refractivity contribution in [3.63, 3.8) is 0 Å². The SMILES string of the molecule is N#C/C(=C\c1cn(CCOc2ccccc2)c2ccccc12)C(=O)Nc1nc2ccccc2s1. The Balaban J connectivity index is 1.38. The van der Waals surface area contributed by atoms with Crippen LogP contribution >= 0.6 is 11.3 Å². The molecule has 166 valence electrons. The molecular weight excluding hydrogens is 444 g/mol. The summed E-state index contributed by atoms with van der Waals surface area (Å²) in [5.74, 6) is 0.336. The van der Waals surface area contributed by atoms with Crippen LogP contribution in [0, 0.1) is 11.3 Å². The first-order valence-electron chi connectivity index (χ1n) is 10.8. The van der Waals surface area contributed by atoms with Gasteiger partial charge in [-0.05, 0) is 36.4 Å². The molecule has 0 saturated carbocycles. The van der Waals surface area contributed by atoms with Gasteiger partial charge < -0.3 is 9.30 Å². The van der Waals surface area contributed by atoms with E-state index in [-0.39, 0.29) is 5.57 Å². The van der Waals surface area contributed by atoms with Crippen LogP contribution in [0.15, 0.2) is 90.6 Å². The summed E-state index contributed by atoms with van der Waals surface area (Å²) in [7, 11) is 0. The molecule has 0 unspecified atom stereocenters. The summed E-state index contributed by atoms with van der Waals surface area (Å²) in [4.78, 5) is 17.3. The molecule has 0 radical (unpaired) electrons. The van der Waals surface area contributed by atoms with Crippen LogP contribution in [-0.4, -0.2) is 22.1 Å². The molecule has 1 N–H and O–H groups in total. The van der Waals surface area contributed by atoms with Crippen LogP contribution in [0.3, 0.4) is 0 Å². The molecule has 2 aromatic heterocycles. The summed E-state index contributed by atoms with van der Waals surface area (Å²) in [6.07, 6.45) is 3.57. The van der Waals surface area contributed by atoms with Gasteiger partial charge in [0, 0.05) is 22.7 Å². The first-order valence-corrected chi connectivity index (χ1v) is 11.6. The van der Waals surface area contributed by atoms with E-state index in [2.05, 4.69) is 14.9 Å². The van der Waals surface area contributed by atoms with Crippen molar-refractivity contribution in [2.75, 3.05) is 11.9 Å². The molecular formula is C27H20N4O2S. The number of nitriles is 1. The number of nitrogens with zero attached hydrogens (tertiary/aromatic N) is 3. The third-order valence-electron chi connectivity index (χ3n) is 5.34. The second kappa shape index (κ2) is 9.61. The number of carbonyl (C=O) groups excluding carboxylic acids is 1. The highest BCUT2D eigenvalue weighted by atomic mass is 32.1. The van der Waals surface area contributed by atoms with Gasteiger partial charge in [0.2, 0.25) is 0 Å². The van der Waals surface area contributed by atoms with Gasteiger partial charge in [0.05, 0.1) is 16.8 Å². The first kappa shape index (κ1) is 21.4. The fourth-order valence-electron chi connectivity index (χ4n) is 3.75. The lowest BCUT2D eigenvalue weighted by Gasteiger charge is -2.08. The van der Waals surface area contributed by atoms with Crippen molar-refractivity contribution in [1.82, 2.24) is 9.55 Å². The minimum Gasteiger partial charge on any atom is -0.492 e. The standard InChI is InChI=1S/C27H20N4O2S/c28-17-19(26(32)30-27-29-23-11-5-7-13-25(23)34-27)16-20-18-31(24-12-6-4-10-22(20)24)14-15-33-21-8-2-1-3-9-21/h1-13,16,18H,14-15H2,(H,29,30,32)/b19-16+. The van der Waals surface area contributed by atoms with Crippen LogP contribution in [0.25, 0.3) is 27.2 Å². The zero-order chi connectivity index (χ0) is 23.3. The lowest BCUT2D eigenvalue weighted by Crippen LogP contribution is -2.13. The lowest BCUT2D eigenvalue weighted by atomic mass is 10.1. The molecule has 0 fully saturated rings. The molecule has 0 atom stereocenters. The Morgan fingerprint density at radius 3 is 2.65 bits per heavy atom. The summed E-state index contributed by atoms with van der Waals surface area (Å²) < 4.78 is 8.89. The average Bonchev–Trinajstić information content (AvgIpc) is 3.44. The minimum absolute atomic E-state index is 0.0164. The van der Waals surface area contributed by atoms with Gasteiger partial charge >= 0.3 is 0 Å². The smallest absolute Gasteiger partial charge is 0.268 e. The van der Waals surface area contributed by atoms with Gasteiger partial charge in [-0.25, -0.2) is 4.98 Å². The highest BCUT2D eigenvalue weighted by Gasteiger charge is 2.14. The van der Waals surface area contributed by atoms with Gasteiger partial charge in [0.1, 0.15) is 24.0 Å². The number of anilines is 1. The lowest BCUT2D eigenvalue weighted by molar-refractivity contribution is -0.112. The number of ether oxygens (including phenoxy) is 1. The molecule has 34 heavy (non-hydrogen) atoms. The zero-order valence-corrected chi connectivity index (χ0v) is 19.0. The van der Waals surface area contributed by atoms with Crippen LogP contribution < -0.4 is 10.1 Å². The predicted octanol–water partition coefficient (Wildman–Crippen LogP) is 5.88. The average molecular weight is 465 g/mol. The highest BCUT2D eigenvalue weighted by molar-refractivity contribution is 7.22. The Morgan fingerprint density at radius 2 is 1.82 bits per heavy atom. The number of thiazole rings is 1. The largest absolute Gasteiger partial charge is 0.492 e. The zero-order valence-electron chi connectivity index (χ0n) is 18.1. The Hall–Kier alpha value is -4.41. The topological polar surface area (TPSA) is 79.9 Å². The van der Waals surface area contributed by atoms with E-state index < -0.39 is 5.91 Å². The van der Waals surface area contributed by atoms with Crippen LogP contribution in [0.5, 0.6) is 5.75 Å². The van der Waals surface area contributed by atoms with Gasteiger partial charge in [-0.15, -0.1) is 0 Å². The number of benzene rings is 3. The van der Waals surface area contributed by atoms with E-state index in [9.17, 15) is 10.1 Å². The highest BCUT2D eigenvalue weighted by Crippen LogP contribution is 2.27. The third kappa shape index (κ3) is 4.53. The van der Waals surface area contributed by atoms with Crippen LogP contribution in [0.4, 0.5) is 5.13 Å². The van der Waals surface area contributed by atoms with E-state index in [1.165, 1.54) is 11.3 Å². The van der Waals surface area contributed by atoms with Crippen LogP contribution in [0.1, 0.15) is 5.56 Å². The molecule has 0 aliphatic carbocycles. The van der Waals surface area contributed by atoms with Crippen molar-refractivity contribution in [2.45, 2.75) is 6.54 Å². The molecule has 0 bridgehead atoms. The fraction of sp³-hybridized carbons (Fsp3) is 0.0741. The molecule has 7 heteroatoms. The van der Waals surface area contributed by atoms with E-state index in [0.29, 0.717) is 18.3 Å². The van der Waals surface area contributed by atoms with E-state index in [1.807, 2.05) is 91.1 Å². The quantitative estimate of drug-likeness (QED) is 0.241. The van der Waals surface area contributed by atoms with Crippen molar-refractivity contribution in [3.05, 3.63) is 96.2 Å². The van der Waals surface area contributed by atoms with E-state index in [4.69, 9.17) is 4.74 Å². The number of amides is 1. The summed E-state index contributed by atoms with van der Waals surface area (Å²) >= 11 is 1.38. The number of rotatable bonds is 7. The first-order chi connectivity index (χ1) is 16.7. The second-order valence-corrected chi connectivity index (χ2v) is 8.60. The molecule has 0 aliphatic rings. The maximum absolute atomic E-state index is 12.8. The van der Waals surface area contributed by atoms with Crippen molar-refractivity contribution in [2.24, 2.45) is 0 Å².